The Morgan fingerprint density at radius 2 is 1.59 bits per heavy atom. The molecule has 2 rings (SSSR count). The third-order valence-corrected chi connectivity index (χ3v) is 2.81. The zero-order valence-corrected chi connectivity index (χ0v) is 11.9. The molecule has 0 atom stereocenters. The summed E-state index contributed by atoms with van der Waals surface area (Å²) in [5.41, 5.74) is 5.52. The van der Waals surface area contributed by atoms with Crippen molar-refractivity contribution in [2.75, 3.05) is 6.61 Å². The first-order chi connectivity index (χ1) is 10.7. The van der Waals surface area contributed by atoms with Crippen molar-refractivity contribution in [2.45, 2.75) is 0 Å². The fraction of sp³-hybridized carbons (Fsp3) is 0.0588. The van der Waals surface area contributed by atoms with E-state index in [0.717, 1.165) is 0 Å². The molecule has 5 nitrogen and oxygen atoms in total. The van der Waals surface area contributed by atoms with E-state index in [2.05, 4.69) is 17.4 Å². The van der Waals surface area contributed by atoms with Crippen LogP contribution < -0.4 is 15.6 Å². The molecule has 0 bridgehead atoms. The Morgan fingerprint density at radius 3 is 2.32 bits per heavy atom. The number of carbonyl (C=O) groups excluding carboxylic acids is 2. The molecule has 0 unspecified atom stereocenters. The summed E-state index contributed by atoms with van der Waals surface area (Å²) in [7, 11) is 0. The van der Waals surface area contributed by atoms with Crippen LogP contribution in [0.1, 0.15) is 20.7 Å². The van der Waals surface area contributed by atoms with Gasteiger partial charge in [0.1, 0.15) is 12.4 Å². The number of carbonyl (C=O) groups is 2. The summed E-state index contributed by atoms with van der Waals surface area (Å²) in [6, 6.07) is 15.4. The van der Waals surface area contributed by atoms with Crippen molar-refractivity contribution in [3.63, 3.8) is 0 Å². The van der Waals surface area contributed by atoms with E-state index in [1.165, 1.54) is 0 Å². The van der Waals surface area contributed by atoms with Gasteiger partial charge in [-0.2, -0.15) is 0 Å². The standard InChI is InChI=1S/C17H16N2O3/c1-2-12-22-15-11-7-6-10-14(15)17(21)19-18-16(20)13-8-4-3-5-9-13/h2-11H,1,12H2,(H,18,20)(H,19,21). The van der Waals surface area contributed by atoms with Crippen molar-refractivity contribution >= 4 is 11.8 Å². The second-order valence-corrected chi connectivity index (χ2v) is 4.37. The lowest BCUT2D eigenvalue weighted by Crippen LogP contribution is -2.41. The van der Waals surface area contributed by atoms with Crippen LogP contribution in [0.5, 0.6) is 5.75 Å². The summed E-state index contributed by atoms with van der Waals surface area (Å²) >= 11 is 0. The van der Waals surface area contributed by atoms with Gasteiger partial charge in [0.15, 0.2) is 0 Å². The first-order valence-corrected chi connectivity index (χ1v) is 6.71. The number of benzene rings is 2. The van der Waals surface area contributed by atoms with E-state index in [9.17, 15) is 9.59 Å². The molecule has 5 heteroatoms. The van der Waals surface area contributed by atoms with Crippen molar-refractivity contribution in [3.8, 4) is 5.75 Å². The number of ether oxygens (including phenoxy) is 1. The maximum absolute atomic E-state index is 12.1. The smallest absolute Gasteiger partial charge is 0.273 e. The first kappa shape index (κ1) is 15.3. The quantitative estimate of drug-likeness (QED) is 0.657. The summed E-state index contributed by atoms with van der Waals surface area (Å²) in [6.07, 6.45) is 1.59. The van der Waals surface area contributed by atoms with Gasteiger partial charge < -0.3 is 4.74 Å². The predicted octanol–water partition coefficient (Wildman–Crippen LogP) is 2.33. The molecule has 0 saturated carbocycles. The van der Waals surface area contributed by atoms with E-state index in [1.807, 2.05) is 6.07 Å². The van der Waals surface area contributed by atoms with Gasteiger partial charge in [-0.1, -0.05) is 43.0 Å². The molecule has 0 aliphatic carbocycles. The van der Waals surface area contributed by atoms with Gasteiger partial charge in [-0.3, -0.25) is 20.4 Å². The zero-order valence-electron chi connectivity index (χ0n) is 11.9. The largest absolute Gasteiger partial charge is 0.489 e. The summed E-state index contributed by atoms with van der Waals surface area (Å²) in [5, 5.41) is 0. The highest BCUT2D eigenvalue weighted by Crippen LogP contribution is 2.17. The summed E-state index contributed by atoms with van der Waals surface area (Å²) in [4.78, 5) is 24.0. The number of hydrogen-bond acceptors (Lipinski definition) is 3. The van der Waals surface area contributed by atoms with Crippen LogP contribution in [0.3, 0.4) is 0 Å². The van der Waals surface area contributed by atoms with E-state index >= 15 is 0 Å². The molecule has 2 amide bonds. The Kier molecular flexibility index (Phi) is 5.31. The average molecular weight is 296 g/mol. The molecule has 22 heavy (non-hydrogen) atoms. The molecule has 0 saturated heterocycles. The number of amides is 2. The van der Waals surface area contributed by atoms with Gasteiger partial charge in [-0.25, -0.2) is 0 Å². The van der Waals surface area contributed by atoms with Gasteiger partial charge in [0, 0.05) is 5.56 Å². The summed E-state index contributed by atoms with van der Waals surface area (Å²) in [6.45, 7) is 3.85. The fourth-order valence-corrected chi connectivity index (χ4v) is 1.77. The van der Waals surface area contributed by atoms with Crippen molar-refractivity contribution in [2.24, 2.45) is 0 Å². The third kappa shape index (κ3) is 3.96. The Bertz CT molecular complexity index is 669. The van der Waals surface area contributed by atoms with E-state index in [4.69, 9.17) is 4.74 Å². The minimum atomic E-state index is -0.455. The summed E-state index contributed by atoms with van der Waals surface area (Å²) in [5.74, 6) is -0.420. The van der Waals surface area contributed by atoms with Crippen molar-refractivity contribution in [1.29, 1.82) is 0 Å². The van der Waals surface area contributed by atoms with Crippen molar-refractivity contribution in [1.82, 2.24) is 10.9 Å². The summed E-state index contributed by atoms with van der Waals surface area (Å²) < 4.78 is 5.41. The third-order valence-electron chi connectivity index (χ3n) is 2.81. The van der Waals surface area contributed by atoms with Gasteiger partial charge in [0.25, 0.3) is 11.8 Å². The number of para-hydroxylation sites is 1. The number of hydrogen-bond donors (Lipinski definition) is 2. The molecule has 2 aromatic carbocycles. The van der Waals surface area contributed by atoms with Crippen LogP contribution >= 0.6 is 0 Å². The molecule has 0 aliphatic rings. The SMILES string of the molecule is C=CCOc1ccccc1C(=O)NNC(=O)c1ccccc1. The van der Waals surface area contributed by atoms with Crippen LogP contribution in [0, 0.1) is 0 Å². The highest BCUT2D eigenvalue weighted by molar-refractivity contribution is 6.00. The molecule has 0 aromatic heterocycles. The van der Waals surface area contributed by atoms with Crippen LogP contribution in [0.2, 0.25) is 0 Å². The normalized spacial score (nSPS) is 9.64. The van der Waals surface area contributed by atoms with Crippen molar-refractivity contribution < 1.29 is 14.3 Å². The minimum absolute atomic E-state index is 0.292. The lowest BCUT2D eigenvalue weighted by molar-refractivity contribution is 0.0844. The van der Waals surface area contributed by atoms with E-state index in [0.29, 0.717) is 23.5 Å². The van der Waals surface area contributed by atoms with Gasteiger partial charge in [0.2, 0.25) is 0 Å². The van der Waals surface area contributed by atoms with E-state index in [-0.39, 0.29) is 0 Å². The topological polar surface area (TPSA) is 67.4 Å². The van der Waals surface area contributed by atoms with Gasteiger partial charge in [-0.05, 0) is 24.3 Å². The molecule has 2 N–H and O–H groups in total. The number of rotatable bonds is 5. The highest BCUT2D eigenvalue weighted by Gasteiger charge is 2.13. The van der Waals surface area contributed by atoms with Gasteiger partial charge >= 0.3 is 0 Å². The van der Waals surface area contributed by atoms with Crippen LogP contribution in [0.4, 0.5) is 0 Å². The molecule has 2 aromatic rings. The molecular weight excluding hydrogens is 280 g/mol. The first-order valence-electron chi connectivity index (χ1n) is 6.71. The van der Waals surface area contributed by atoms with Crippen LogP contribution in [-0.4, -0.2) is 18.4 Å². The van der Waals surface area contributed by atoms with E-state index < -0.39 is 11.8 Å². The van der Waals surface area contributed by atoms with Crippen LogP contribution in [-0.2, 0) is 0 Å². The second kappa shape index (κ2) is 7.64. The predicted molar refractivity (Wildman–Crippen MR) is 83.5 cm³/mol. The average Bonchev–Trinajstić information content (AvgIpc) is 2.58. The lowest BCUT2D eigenvalue weighted by atomic mass is 10.2. The second-order valence-electron chi connectivity index (χ2n) is 4.37. The molecule has 112 valence electrons. The monoisotopic (exact) mass is 296 g/mol. The van der Waals surface area contributed by atoms with E-state index in [1.54, 1.807) is 54.6 Å². The van der Waals surface area contributed by atoms with Gasteiger partial charge in [-0.15, -0.1) is 0 Å². The maximum Gasteiger partial charge on any atom is 0.273 e. The molecule has 0 spiro atoms. The lowest BCUT2D eigenvalue weighted by Gasteiger charge is -2.11. The maximum atomic E-state index is 12.1. The van der Waals surface area contributed by atoms with Crippen LogP contribution in [0.15, 0.2) is 67.3 Å². The molecule has 0 heterocycles. The molecular formula is C17H16N2O3. The number of nitrogens with one attached hydrogen (secondary N) is 2. The molecule has 0 radical (unpaired) electrons. The zero-order chi connectivity index (χ0) is 15.8. The Balaban J connectivity index is 2.01. The Hall–Kier alpha value is -3.08. The fourth-order valence-electron chi connectivity index (χ4n) is 1.77. The highest BCUT2D eigenvalue weighted by atomic mass is 16.5. The molecule has 0 fully saturated rings. The van der Waals surface area contributed by atoms with Crippen molar-refractivity contribution in [3.05, 3.63) is 78.4 Å². The Labute approximate surface area is 128 Å². The minimum Gasteiger partial charge on any atom is -0.489 e. The van der Waals surface area contributed by atoms with Crippen LogP contribution in [0.25, 0.3) is 0 Å². The van der Waals surface area contributed by atoms with Gasteiger partial charge in [0.05, 0.1) is 5.56 Å². The number of hydrazine groups is 1. The Morgan fingerprint density at radius 1 is 0.955 bits per heavy atom. The molecule has 0 aliphatic heterocycles.